The van der Waals surface area contributed by atoms with Gasteiger partial charge in [-0.05, 0) is 44.5 Å². The summed E-state index contributed by atoms with van der Waals surface area (Å²) in [7, 11) is 3.22. The van der Waals surface area contributed by atoms with Crippen molar-refractivity contribution in [3.63, 3.8) is 0 Å². The number of hydrogen-bond donors (Lipinski definition) is 2. The average Bonchev–Trinajstić information content (AvgIpc) is 2.49. The number of rotatable bonds is 5. The molecule has 0 saturated carbocycles. The van der Waals surface area contributed by atoms with E-state index in [0.717, 1.165) is 30.7 Å². The lowest BCUT2D eigenvalue weighted by atomic mass is 9.99. The predicted molar refractivity (Wildman–Crippen MR) is 81.9 cm³/mol. The summed E-state index contributed by atoms with van der Waals surface area (Å²) in [4.78, 5) is 12.3. The lowest BCUT2D eigenvalue weighted by Crippen LogP contribution is -2.52. The van der Waals surface area contributed by atoms with Crippen molar-refractivity contribution in [3.05, 3.63) is 23.8 Å². The van der Waals surface area contributed by atoms with E-state index in [1.165, 1.54) is 0 Å². The van der Waals surface area contributed by atoms with Gasteiger partial charge in [0, 0.05) is 17.6 Å². The third-order valence-corrected chi connectivity index (χ3v) is 3.95. The van der Waals surface area contributed by atoms with Crippen LogP contribution in [-0.4, -0.2) is 38.8 Å². The van der Waals surface area contributed by atoms with Gasteiger partial charge >= 0.3 is 0 Å². The maximum Gasteiger partial charge on any atom is 0.224 e. The Hall–Kier alpha value is -1.75. The van der Waals surface area contributed by atoms with Crippen LogP contribution < -0.4 is 20.1 Å². The number of piperidine rings is 1. The second kappa shape index (κ2) is 7.31. The predicted octanol–water partition coefficient (Wildman–Crippen LogP) is 1.50. The molecule has 21 heavy (non-hydrogen) atoms. The van der Waals surface area contributed by atoms with Crippen LogP contribution in [0, 0.1) is 0 Å². The Morgan fingerprint density at radius 1 is 1.38 bits per heavy atom. The van der Waals surface area contributed by atoms with E-state index < -0.39 is 0 Å². The molecule has 1 aliphatic rings. The molecule has 0 aliphatic carbocycles. The number of carbonyl (C=O) groups is 1. The van der Waals surface area contributed by atoms with Gasteiger partial charge in [0.15, 0.2) is 0 Å². The fourth-order valence-corrected chi connectivity index (χ4v) is 2.69. The standard InChI is InChI=1S/C16H24N2O3/c1-11-14(5-4-8-17-11)18-16(19)10-12-9-13(20-2)6-7-15(12)21-3/h6-7,9,11,14,17H,4-5,8,10H2,1-3H3,(H,18,19). The van der Waals surface area contributed by atoms with Crippen LogP contribution in [-0.2, 0) is 11.2 Å². The minimum absolute atomic E-state index is 0.0158. The monoisotopic (exact) mass is 292 g/mol. The molecule has 1 saturated heterocycles. The number of ether oxygens (including phenoxy) is 2. The van der Waals surface area contributed by atoms with E-state index >= 15 is 0 Å². The van der Waals surface area contributed by atoms with Crippen molar-refractivity contribution < 1.29 is 14.3 Å². The van der Waals surface area contributed by atoms with Crippen molar-refractivity contribution >= 4 is 5.91 Å². The first-order chi connectivity index (χ1) is 10.1. The molecule has 2 atom stereocenters. The first kappa shape index (κ1) is 15.6. The fourth-order valence-electron chi connectivity index (χ4n) is 2.69. The molecule has 0 spiro atoms. The number of benzene rings is 1. The van der Waals surface area contributed by atoms with Crippen molar-refractivity contribution in [2.24, 2.45) is 0 Å². The van der Waals surface area contributed by atoms with E-state index in [4.69, 9.17) is 9.47 Å². The molecule has 1 amide bonds. The van der Waals surface area contributed by atoms with Crippen LogP contribution in [0.1, 0.15) is 25.3 Å². The number of carbonyl (C=O) groups excluding carboxylic acids is 1. The fraction of sp³-hybridized carbons (Fsp3) is 0.562. The molecule has 1 aromatic carbocycles. The van der Waals surface area contributed by atoms with E-state index in [9.17, 15) is 4.79 Å². The van der Waals surface area contributed by atoms with Crippen LogP contribution in [0.5, 0.6) is 11.5 Å². The van der Waals surface area contributed by atoms with Gasteiger partial charge in [0.05, 0.1) is 20.6 Å². The summed E-state index contributed by atoms with van der Waals surface area (Å²) in [5, 5.41) is 6.49. The van der Waals surface area contributed by atoms with Gasteiger partial charge in [0.1, 0.15) is 11.5 Å². The number of hydrogen-bond acceptors (Lipinski definition) is 4. The average molecular weight is 292 g/mol. The van der Waals surface area contributed by atoms with Crippen molar-refractivity contribution in [2.45, 2.75) is 38.3 Å². The Kier molecular flexibility index (Phi) is 5.44. The normalized spacial score (nSPS) is 21.7. The molecule has 2 N–H and O–H groups in total. The maximum absolute atomic E-state index is 12.3. The molecule has 116 valence electrons. The van der Waals surface area contributed by atoms with Crippen LogP contribution in [0.2, 0.25) is 0 Å². The maximum atomic E-state index is 12.3. The van der Waals surface area contributed by atoms with Crippen LogP contribution in [0.25, 0.3) is 0 Å². The third-order valence-electron chi connectivity index (χ3n) is 3.95. The molecular formula is C16H24N2O3. The number of nitrogens with one attached hydrogen (secondary N) is 2. The molecular weight excluding hydrogens is 268 g/mol. The summed E-state index contributed by atoms with van der Waals surface area (Å²) >= 11 is 0. The first-order valence-corrected chi connectivity index (χ1v) is 7.37. The second-order valence-corrected chi connectivity index (χ2v) is 5.41. The molecule has 0 aromatic heterocycles. The second-order valence-electron chi connectivity index (χ2n) is 5.41. The molecule has 1 aromatic rings. The van der Waals surface area contributed by atoms with Crippen LogP contribution in [0.15, 0.2) is 18.2 Å². The Morgan fingerprint density at radius 2 is 2.19 bits per heavy atom. The van der Waals surface area contributed by atoms with E-state index in [1.807, 2.05) is 18.2 Å². The first-order valence-electron chi connectivity index (χ1n) is 7.37. The molecule has 2 rings (SSSR count). The highest BCUT2D eigenvalue weighted by Gasteiger charge is 2.22. The molecule has 2 unspecified atom stereocenters. The van der Waals surface area contributed by atoms with E-state index in [-0.39, 0.29) is 11.9 Å². The quantitative estimate of drug-likeness (QED) is 0.863. The topological polar surface area (TPSA) is 59.6 Å². The molecule has 1 heterocycles. The summed E-state index contributed by atoms with van der Waals surface area (Å²) in [5.41, 5.74) is 0.839. The van der Waals surface area contributed by atoms with Gasteiger partial charge in [-0.3, -0.25) is 4.79 Å². The van der Waals surface area contributed by atoms with Crippen molar-refractivity contribution in [1.29, 1.82) is 0 Å². The Morgan fingerprint density at radius 3 is 2.86 bits per heavy atom. The van der Waals surface area contributed by atoms with Gasteiger partial charge in [-0.15, -0.1) is 0 Å². The number of amides is 1. The van der Waals surface area contributed by atoms with Crippen molar-refractivity contribution in [2.75, 3.05) is 20.8 Å². The van der Waals surface area contributed by atoms with E-state index in [1.54, 1.807) is 14.2 Å². The summed E-state index contributed by atoms with van der Waals surface area (Å²) < 4.78 is 10.5. The SMILES string of the molecule is COc1ccc(OC)c(CC(=O)NC2CCCNC2C)c1. The van der Waals surface area contributed by atoms with Gasteiger partial charge in [-0.25, -0.2) is 0 Å². The van der Waals surface area contributed by atoms with Gasteiger partial charge in [-0.2, -0.15) is 0 Å². The zero-order valence-electron chi connectivity index (χ0n) is 12.9. The molecule has 5 nitrogen and oxygen atoms in total. The minimum atomic E-state index is 0.0158. The van der Waals surface area contributed by atoms with Crippen LogP contribution >= 0.6 is 0 Å². The van der Waals surface area contributed by atoms with E-state index in [0.29, 0.717) is 18.2 Å². The molecule has 0 bridgehead atoms. The zero-order valence-corrected chi connectivity index (χ0v) is 12.9. The summed E-state index contributed by atoms with van der Waals surface area (Å²) in [6.45, 7) is 3.13. The van der Waals surface area contributed by atoms with Gasteiger partial charge < -0.3 is 20.1 Å². The highest BCUT2D eigenvalue weighted by Crippen LogP contribution is 2.24. The molecule has 5 heteroatoms. The minimum Gasteiger partial charge on any atom is -0.497 e. The molecule has 1 aliphatic heterocycles. The van der Waals surface area contributed by atoms with Crippen LogP contribution in [0.4, 0.5) is 0 Å². The van der Waals surface area contributed by atoms with E-state index in [2.05, 4.69) is 17.6 Å². The largest absolute Gasteiger partial charge is 0.497 e. The van der Waals surface area contributed by atoms with Crippen LogP contribution in [0.3, 0.4) is 0 Å². The Bertz CT molecular complexity index is 490. The highest BCUT2D eigenvalue weighted by atomic mass is 16.5. The lowest BCUT2D eigenvalue weighted by molar-refractivity contribution is -0.121. The third kappa shape index (κ3) is 4.11. The Balaban J connectivity index is 2.01. The summed E-state index contributed by atoms with van der Waals surface area (Å²) in [6, 6.07) is 6.01. The highest BCUT2D eigenvalue weighted by molar-refractivity contribution is 5.79. The molecule has 0 radical (unpaired) electrons. The zero-order chi connectivity index (χ0) is 15.2. The van der Waals surface area contributed by atoms with Gasteiger partial charge in [0.25, 0.3) is 0 Å². The van der Waals surface area contributed by atoms with Gasteiger partial charge in [0.2, 0.25) is 5.91 Å². The lowest BCUT2D eigenvalue weighted by Gasteiger charge is -2.30. The van der Waals surface area contributed by atoms with Crippen molar-refractivity contribution in [3.8, 4) is 11.5 Å². The summed E-state index contributed by atoms with van der Waals surface area (Å²) in [6.07, 6.45) is 2.41. The van der Waals surface area contributed by atoms with Gasteiger partial charge in [-0.1, -0.05) is 0 Å². The Labute approximate surface area is 126 Å². The van der Waals surface area contributed by atoms with Crippen molar-refractivity contribution in [1.82, 2.24) is 10.6 Å². The smallest absolute Gasteiger partial charge is 0.224 e. The number of methoxy groups -OCH3 is 2. The molecule has 1 fully saturated rings. The summed E-state index contributed by atoms with van der Waals surface area (Å²) in [5.74, 6) is 1.45.